The van der Waals surface area contributed by atoms with E-state index in [1.807, 2.05) is 32.0 Å². The molecule has 1 nitrogen and oxygen atoms in total. The molecule has 0 heterocycles. The predicted molar refractivity (Wildman–Crippen MR) is 72.6 cm³/mol. The quantitative estimate of drug-likeness (QED) is 0.858. The lowest BCUT2D eigenvalue weighted by molar-refractivity contribution is -0.192. The Kier molecular flexibility index (Phi) is 4.14. The van der Waals surface area contributed by atoms with Crippen molar-refractivity contribution in [1.29, 1.82) is 0 Å². The minimum absolute atomic E-state index is 0.0326. The fourth-order valence-electron chi connectivity index (χ4n) is 3.00. The van der Waals surface area contributed by atoms with Crippen LogP contribution < -0.4 is 0 Å². The predicted octanol–water partition coefficient (Wildman–Crippen LogP) is 4.33. The van der Waals surface area contributed by atoms with Gasteiger partial charge in [0.25, 0.3) is 0 Å². The average Bonchev–Trinajstić information content (AvgIpc) is 2.33. The lowest BCUT2D eigenvalue weighted by Gasteiger charge is -2.37. The van der Waals surface area contributed by atoms with E-state index >= 15 is 0 Å². The van der Waals surface area contributed by atoms with Crippen LogP contribution in [0, 0.1) is 19.8 Å². The molecule has 1 aliphatic carbocycles. The molecule has 1 aromatic rings. The number of benzene rings is 1. The van der Waals surface area contributed by atoms with Crippen molar-refractivity contribution in [2.75, 3.05) is 0 Å². The summed E-state index contributed by atoms with van der Waals surface area (Å²) in [6, 6.07) is 6.02. The Morgan fingerprint density at radius 2 is 1.80 bits per heavy atom. The maximum Gasteiger partial charge on any atom is 0.391 e. The minimum atomic E-state index is -4.12. The number of halogens is 3. The van der Waals surface area contributed by atoms with Crippen LogP contribution in [-0.2, 0) is 6.42 Å². The molecule has 1 saturated carbocycles. The molecule has 112 valence electrons. The lowest BCUT2D eigenvalue weighted by Crippen LogP contribution is -2.40. The molecular formula is C16H21F3O. The Hall–Kier alpha value is -1.03. The SMILES string of the molecule is Cc1ccc(C)c(CC2(O)CCC(C(F)(F)F)CC2)c1. The summed E-state index contributed by atoms with van der Waals surface area (Å²) in [6.07, 6.45) is -3.16. The van der Waals surface area contributed by atoms with Gasteiger partial charge in [0.2, 0.25) is 0 Å². The van der Waals surface area contributed by atoms with Crippen LogP contribution in [0.4, 0.5) is 13.2 Å². The maximum atomic E-state index is 12.7. The molecule has 1 aliphatic rings. The van der Waals surface area contributed by atoms with Crippen LogP contribution in [0.15, 0.2) is 18.2 Å². The molecule has 20 heavy (non-hydrogen) atoms. The molecule has 0 radical (unpaired) electrons. The van der Waals surface area contributed by atoms with E-state index in [4.69, 9.17) is 0 Å². The van der Waals surface area contributed by atoms with Crippen molar-refractivity contribution in [3.05, 3.63) is 34.9 Å². The first-order valence-corrected chi connectivity index (χ1v) is 7.05. The second kappa shape index (κ2) is 5.40. The molecular weight excluding hydrogens is 265 g/mol. The summed E-state index contributed by atoms with van der Waals surface area (Å²) in [4.78, 5) is 0. The summed E-state index contributed by atoms with van der Waals surface area (Å²) < 4.78 is 38.0. The minimum Gasteiger partial charge on any atom is -0.390 e. The number of hydrogen-bond acceptors (Lipinski definition) is 1. The van der Waals surface area contributed by atoms with E-state index in [9.17, 15) is 18.3 Å². The Morgan fingerprint density at radius 1 is 1.20 bits per heavy atom. The summed E-state index contributed by atoms with van der Waals surface area (Å²) in [5.41, 5.74) is 2.25. The van der Waals surface area contributed by atoms with Crippen LogP contribution in [0.25, 0.3) is 0 Å². The molecule has 4 heteroatoms. The van der Waals surface area contributed by atoms with Crippen LogP contribution in [0.3, 0.4) is 0 Å². The Morgan fingerprint density at radius 3 is 2.35 bits per heavy atom. The third kappa shape index (κ3) is 3.54. The zero-order valence-corrected chi connectivity index (χ0v) is 11.9. The average molecular weight is 286 g/mol. The number of hydrogen-bond donors (Lipinski definition) is 1. The molecule has 0 bridgehead atoms. The fraction of sp³-hybridized carbons (Fsp3) is 0.625. The van der Waals surface area contributed by atoms with Crippen LogP contribution >= 0.6 is 0 Å². The zero-order chi connectivity index (χ0) is 15.0. The van der Waals surface area contributed by atoms with Crippen molar-refractivity contribution >= 4 is 0 Å². The van der Waals surface area contributed by atoms with E-state index in [0.717, 1.165) is 16.7 Å². The number of aliphatic hydroxyl groups is 1. The van der Waals surface area contributed by atoms with Crippen molar-refractivity contribution in [1.82, 2.24) is 0 Å². The summed E-state index contributed by atoms with van der Waals surface area (Å²) >= 11 is 0. The molecule has 1 aromatic carbocycles. The highest BCUT2D eigenvalue weighted by Gasteiger charge is 2.45. The molecule has 1 fully saturated rings. The van der Waals surface area contributed by atoms with E-state index in [-0.39, 0.29) is 25.7 Å². The molecule has 2 rings (SSSR count). The van der Waals surface area contributed by atoms with E-state index in [2.05, 4.69) is 0 Å². The van der Waals surface area contributed by atoms with Gasteiger partial charge in [-0.25, -0.2) is 0 Å². The van der Waals surface area contributed by atoms with Gasteiger partial charge in [0.15, 0.2) is 0 Å². The summed E-state index contributed by atoms with van der Waals surface area (Å²) in [6.45, 7) is 3.95. The van der Waals surface area contributed by atoms with E-state index in [1.165, 1.54) is 0 Å². The van der Waals surface area contributed by atoms with Gasteiger partial charge in [-0.1, -0.05) is 23.8 Å². The Labute approximate surface area is 117 Å². The fourth-order valence-corrected chi connectivity index (χ4v) is 3.00. The number of aryl methyl sites for hydroxylation is 2. The van der Waals surface area contributed by atoms with Gasteiger partial charge in [0.1, 0.15) is 0 Å². The van der Waals surface area contributed by atoms with Crippen LogP contribution in [-0.4, -0.2) is 16.9 Å². The molecule has 0 unspecified atom stereocenters. The van der Waals surface area contributed by atoms with Crippen LogP contribution in [0.2, 0.25) is 0 Å². The molecule has 0 spiro atoms. The topological polar surface area (TPSA) is 20.2 Å². The van der Waals surface area contributed by atoms with Crippen molar-refractivity contribution in [2.45, 2.75) is 57.7 Å². The normalized spacial score (nSPS) is 27.6. The first kappa shape index (κ1) is 15.4. The standard InChI is InChI=1S/C16H21F3O/c1-11-3-4-12(2)13(9-11)10-15(20)7-5-14(6-8-15)16(17,18)19/h3-4,9,14,20H,5-8,10H2,1-2H3. The second-order valence-electron chi connectivity index (χ2n) is 6.15. The van der Waals surface area contributed by atoms with Crippen LogP contribution in [0.1, 0.15) is 42.4 Å². The highest BCUT2D eigenvalue weighted by atomic mass is 19.4. The highest BCUT2D eigenvalue weighted by molar-refractivity contribution is 5.31. The third-order valence-corrected chi connectivity index (χ3v) is 4.40. The van der Waals surface area contributed by atoms with Crippen molar-refractivity contribution in [3.63, 3.8) is 0 Å². The monoisotopic (exact) mass is 286 g/mol. The first-order chi connectivity index (χ1) is 9.20. The Balaban J connectivity index is 2.05. The largest absolute Gasteiger partial charge is 0.391 e. The van der Waals surface area contributed by atoms with Gasteiger partial charge in [-0.15, -0.1) is 0 Å². The van der Waals surface area contributed by atoms with Gasteiger partial charge in [-0.2, -0.15) is 13.2 Å². The number of rotatable bonds is 2. The maximum absolute atomic E-state index is 12.7. The molecule has 0 saturated heterocycles. The molecule has 1 N–H and O–H groups in total. The van der Waals surface area contributed by atoms with Gasteiger partial charge in [-0.05, 0) is 50.7 Å². The van der Waals surface area contributed by atoms with Crippen LogP contribution in [0.5, 0.6) is 0 Å². The zero-order valence-electron chi connectivity index (χ0n) is 11.9. The van der Waals surface area contributed by atoms with Crippen molar-refractivity contribution < 1.29 is 18.3 Å². The lowest BCUT2D eigenvalue weighted by atomic mass is 9.75. The third-order valence-electron chi connectivity index (χ3n) is 4.40. The van der Waals surface area contributed by atoms with Gasteiger partial charge in [0.05, 0.1) is 11.5 Å². The van der Waals surface area contributed by atoms with Gasteiger partial charge in [-0.3, -0.25) is 0 Å². The van der Waals surface area contributed by atoms with Crippen molar-refractivity contribution in [3.8, 4) is 0 Å². The molecule has 0 aliphatic heterocycles. The molecule has 0 atom stereocenters. The van der Waals surface area contributed by atoms with Gasteiger partial charge in [0, 0.05) is 6.42 Å². The smallest absolute Gasteiger partial charge is 0.390 e. The number of alkyl halides is 3. The highest BCUT2D eigenvalue weighted by Crippen LogP contribution is 2.42. The summed E-state index contributed by atoms with van der Waals surface area (Å²) in [5.74, 6) is -1.25. The second-order valence-corrected chi connectivity index (χ2v) is 6.15. The van der Waals surface area contributed by atoms with E-state index in [0.29, 0.717) is 6.42 Å². The van der Waals surface area contributed by atoms with E-state index in [1.54, 1.807) is 0 Å². The Bertz CT molecular complexity index is 471. The molecule has 0 aromatic heterocycles. The summed E-state index contributed by atoms with van der Waals surface area (Å²) in [5, 5.41) is 10.6. The van der Waals surface area contributed by atoms with Gasteiger partial charge >= 0.3 is 6.18 Å². The van der Waals surface area contributed by atoms with Crippen molar-refractivity contribution in [2.24, 2.45) is 5.92 Å². The molecule has 0 amide bonds. The summed E-state index contributed by atoms with van der Waals surface area (Å²) in [7, 11) is 0. The van der Waals surface area contributed by atoms with E-state index < -0.39 is 17.7 Å². The van der Waals surface area contributed by atoms with Gasteiger partial charge < -0.3 is 5.11 Å². The first-order valence-electron chi connectivity index (χ1n) is 7.05.